The van der Waals surface area contributed by atoms with E-state index < -0.39 is 0 Å². The molecule has 144 valence electrons. The molecule has 5 unspecified atom stereocenters. The molecule has 0 aromatic carbocycles. The second kappa shape index (κ2) is 6.87. The van der Waals surface area contributed by atoms with Gasteiger partial charge in [-0.1, -0.05) is 27.2 Å². The summed E-state index contributed by atoms with van der Waals surface area (Å²) in [6.45, 7) is 12.8. The molecule has 0 amide bonds. The van der Waals surface area contributed by atoms with Crippen molar-refractivity contribution in [3.05, 3.63) is 0 Å². The van der Waals surface area contributed by atoms with Crippen molar-refractivity contribution in [2.75, 3.05) is 13.2 Å². The zero-order chi connectivity index (χ0) is 18.3. The molecule has 1 aliphatic heterocycles. The summed E-state index contributed by atoms with van der Waals surface area (Å²) in [4.78, 5) is 11.2. The van der Waals surface area contributed by atoms with E-state index in [2.05, 4.69) is 27.7 Å². The van der Waals surface area contributed by atoms with Crippen LogP contribution < -0.4 is 0 Å². The van der Waals surface area contributed by atoms with Crippen LogP contribution in [0.1, 0.15) is 86.0 Å². The molecule has 1 saturated heterocycles. The molecule has 3 aliphatic rings. The van der Waals surface area contributed by atoms with Gasteiger partial charge in [0.2, 0.25) is 0 Å². The van der Waals surface area contributed by atoms with Crippen molar-refractivity contribution in [2.45, 2.75) is 91.6 Å². The highest BCUT2D eigenvalue weighted by atomic mass is 16.5. The van der Waals surface area contributed by atoms with Gasteiger partial charge in [0, 0.05) is 13.5 Å². The van der Waals surface area contributed by atoms with Crippen LogP contribution in [0.5, 0.6) is 0 Å². The Labute approximate surface area is 154 Å². The van der Waals surface area contributed by atoms with E-state index in [1.807, 2.05) is 0 Å². The Morgan fingerprint density at radius 2 is 1.76 bits per heavy atom. The van der Waals surface area contributed by atoms with Gasteiger partial charge in [-0.15, -0.1) is 0 Å². The average molecular weight is 351 g/mol. The molecule has 2 saturated carbocycles. The molecule has 0 radical (unpaired) electrons. The van der Waals surface area contributed by atoms with E-state index in [0.717, 1.165) is 18.9 Å². The third kappa shape index (κ3) is 3.63. The van der Waals surface area contributed by atoms with Crippen LogP contribution in [-0.4, -0.2) is 24.8 Å². The number of carbonyl (C=O) groups excluding carboxylic acids is 1. The monoisotopic (exact) mass is 350 g/mol. The summed E-state index contributed by atoms with van der Waals surface area (Å²) in [5.41, 5.74) is 0.872. The first-order valence-electron chi connectivity index (χ1n) is 10.4. The fourth-order valence-electron chi connectivity index (χ4n) is 6.82. The number of fused-ring (bicyclic) bond motifs is 3. The molecular weight excluding hydrogens is 312 g/mol. The number of hydrogen-bond acceptors (Lipinski definition) is 3. The molecule has 5 atom stereocenters. The number of hydrogen-bond donors (Lipinski definition) is 0. The van der Waals surface area contributed by atoms with E-state index in [9.17, 15) is 4.79 Å². The van der Waals surface area contributed by atoms with Crippen LogP contribution in [0.15, 0.2) is 0 Å². The van der Waals surface area contributed by atoms with Crippen LogP contribution in [0, 0.1) is 28.6 Å². The maximum absolute atomic E-state index is 11.2. The van der Waals surface area contributed by atoms with E-state index in [1.54, 1.807) is 0 Å². The molecule has 3 rings (SSSR count). The summed E-state index contributed by atoms with van der Waals surface area (Å²) in [5.74, 6) is 1.72. The second-order valence-electron chi connectivity index (χ2n) is 10.2. The number of ether oxygens (including phenoxy) is 2. The smallest absolute Gasteiger partial charge is 0.302 e. The van der Waals surface area contributed by atoms with Gasteiger partial charge >= 0.3 is 5.97 Å². The lowest BCUT2D eigenvalue weighted by Gasteiger charge is -2.62. The molecule has 2 aliphatic carbocycles. The lowest BCUT2D eigenvalue weighted by molar-refractivity contribution is -0.201. The Balaban J connectivity index is 1.79. The topological polar surface area (TPSA) is 35.5 Å². The van der Waals surface area contributed by atoms with Gasteiger partial charge in [-0.3, -0.25) is 4.79 Å². The van der Waals surface area contributed by atoms with E-state index in [-0.39, 0.29) is 11.6 Å². The Hall–Kier alpha value is -0.570. The molecule has 0 spiro atoms. The van der Waals surface area contributed by atoms with Crippen molar-refractivity contribution in [1.29, 1.82) is 0 Å². The first-order valence-corrected chi connectivity index (χ1v) is 10.4. The van der Waals surface area contributed by atoms with Crippen LogP contribution in [-0.2, 0) is 14.3 Å². The summed E-state index contributed by atoms with van der Waals surface area (Å²) in [7, 11) is 0. The van der Waals surface area contributed by atoms with Gasteiger partial charge in [-0.05, 0) is 80.5 Å². The van der Waals surface area contributed by atoms with Gasteiger partial charge in [-0.25, -0.2) is 0 Å². The maximum atomic E-state index is 11.2. The van der Waals surface area contributed by atoms with Gasteiger partial charge in [0.15, 0.2) is 0 Å². The fourth-order valence-corrected chi connectivity index (χ4v) is 6.82. The standard InChI is InChI=1S/C22H38O3/c1-16(23)24-15-17-7-8-19-21(4)12-6-11-20(2,3)18(21)9-13-22(19,5)25-14-10-17/h17-19H,6-15H2,1-5H3. The van der Waals surface area contributed by atoms with Gasteiger partial charge < -0.3 is 9.47 Å². The summed E-state index contributed by atoms with van der Waals surface area (Å²) < 4.78 is 11.9. The molecule has 25 heavy (non-hydrogen) atoms. The molecule has 0 N–H and O–H groups in total. The zero-order valence-electron chi connectivity index (χ0n) is 17.0. The molecule has 3 heteroatoms. The predicted octanol–water partition coefficient (Wildman–Crippen LogP) is 5.37. The minimum absolute atomic E-state index is 0.0328. The highest BCUT2D eigenvalue weighted by molar-refractivity contribution is 5.65. The van der Waals surface area contributed by atoms with E-state index in [4.69, 9.17) is 9.47 Å². The lowest BCUT2D eigenvalue weighted by Crippen LogP contribution is -2.59. The number of esters is 1. The Morgan fingerprint density at radius 3 is 2.48 bits per heavy atom. The van der Waals surface area contributed by atoms with Crippen molar-refractivity contribution >= 4 is 5.97 Å². The summed E-state index contributed by atoms with van der Waals surface area (Å²) in [6.07, 6.45) is 9.98. The van der Waals surface area contributed by atoms with E-state index >= 15 is 0 Å². The van der Waals surface area contributed by atoms with Crippen molar-refractivity contribution in [2.24, 2.45) is 28.6 Å². The van der Waals surface area contributed by atoms with Gasteiger partial charge in [0.1, 0.15) is 0 Å². The zero-order valence-corrected chi connectivity index (χ0v) is 17.0. The number of carbonyl (C=O) groups is 1. The normalized spacial score (nSPS) is 44.0. The fraction of sp³-hybridized carbons (Fsp3) is 0.955. The average Bonchev–Trinajstić information content (AvgIpc) is 2.48. The molecule has 0 bridgehead atoms. The van der Waals surface area contributed by atoms with Gasteiger partial charge in [-0.2, -0.15) is 0 Å². The van der Waals surface area contributed by atoms with Crippen molar-refractivity contribution < 1.29 is 14.3 Å². The first kappa shape index (κ1) is 19.2. The molecule has 1 heterocycles. The lowest BCUT2D eigenvalue weighted by atomic mass is 9.45. The van der Waals surface area contributed by atoms with Gasteiger partial charge in [0.05, 0.1) is 12.2 Å². The van der Waals surface area contributed by atoms with Crippen LogP contribution in [0.3, 0.4) is 0 Å². The predicted molar refractivity (Wildman–Crippen MR) is 100 cm³/mol. The van der Waals surface area contributed by atoms with E-state index in [0.29, 0.717) is 29.3 Å². The molecular formula is C22H38O3. The van der Waals surface area contributed by atoms with Crippen molar-refractivity contribution in [3.63, 3.8) is 0 Å². The minimum Gasteiger partial charge on any atom is -0.466 e. The van der Waals surface area contributed by atoms with Crippen LogP contribution >= 0.6 is 0 Å². The highest BCUT2D eigenvalue weighted by Crippen LogP contribution is 2.64. The van der Waals surface area contributed by atoms with Crippen molar-refractivity contribution in [1.82, 2.24) is 0 Å². The summed E-state index contributed by atoms with van der Waals surface area (Å²) in [5, 5.41) is 0. The van der Waals surface area contributed by atoms with Gasteiger partial charge in [0.25, 0.3) is 0 Å². The molecule has 3 nitrogen and oxygen atoms in total. The van der Waals surface area contributed by atoms with Crippen molar-refractivity contribution in [3.8, 4) is 0 Å². The highest BCUT2D eigenvalue weighted by Gasteiger charge is 2.58. The third-order valence-corrected chi connectivity index (χ3v) is 8.08. The quantitative estimate of drug-likeness (QED) is 0.628. The van der Waals surface area contributed by atoms with Crippen LogP contribution in [0.25, 0.3) is 0 Å². The SMILES string of the molecule is CC(=O)OCC1CCOC2(C)CCC3C(C)(C)CCCC3(C)C2CC1. The molecule has 3 fully saturated rings. The Morgan fingerprint density at radius 1 is 1.00 bits per heavy atom. The third-order valence-electron chi connectivity index (χ3n) is 8.08. The Bertz CT molecular complexity index is 500. The maximum Gasteiger partial charge on any atom is 0.302 e. The molecule has 0 aromatic rings. The van der Waals surface area contributed by atoms with Crippen LogP contribution in [0.4, 0.5) is 0 Å². The minimum atomic E-state index is -0.161. The molecule has 0 aromatic heterocycles. The summed E-state index contributed by atoms with van der Waals surface area (Å²) >= 11 is 0. The van der Waals surface area contributed by atoms with Crippen LogP contribution in [0.2, 0.25) is 0 Å². The first-order chi connectivity index (χ1) is 11.7. The summed E-state index contributed by atoms with van der Waals surface area (Å²) in [6, 6.07) is 0. The Kier molecular flexibility index (Phi) is 5.27. The second-order valence-corrected chi connectivity index (χ2v) is 10.2. The van der Waals surface area contributed by atoms with E-state index in [1.165, 1.54) is 51.9 Å². The largest absolute Gasteiger partial charge is 0.466 e. The number of rotatable bonds is 2.